The van der Waals surface area contributed by atoms with E-state index in [4.69, 9.17) is 14.6 Å². The third kappa shape index (κ3) is 7.19. The second kappa shape index (κ2) is 9.11. The fourth-order valence-corrected chi connectivity index (χ4v) is 1.14. The molecule has 6 heteroatoms. The third-order valence-electron chi connectivity index (χ3n) is 2.04. The quantitative estimate of drug-likeness (QED) is 0.605. The predicted octanol–water partition coefficient (Wildman–Crippen LogP) is -0.0274. The number of ether oxygens (including phenoxy) is 2. The van der Waals surface area contributed by atoms with Crippen LogP contribution in [0.2, 0.25) is 0 Å². The maximum Gasteiger partial charge on any atom is 0.303 e. The van der Waals surface area contributed by atoms with Crippen LogP contribution < -0.4 is 0 Å². The Balaban J connectivity index is 4.03. The fourth-order valence-electron chi connectivity index (χ4n) is 1.14. The molecule has 94 valence electrons. The van der Waals surface area contributed by atoms with E-state index in [0.29, 0.717) is 26.3 Å². The molecule has 0 rings (SSSR count). The Bertz CT molecular complexity index is 211. The minimum Gasteiger partial charge on any atom is -0.481 e. The number of carbonyl (C=O) groups is 2. The largest absolute Gasteiger partial charge is 0.481 e. The van der Waals surface area contributed by atoms with E-state index in [0.717, 1.165) is 0 Å². The molecule has 16 heavy (non-hydrogen) atoms. The van der Waals surface area contributed by atoms with Gasteiger partial charge < -0.3 is 19.5 Å². The molecule has 1 amide bonds. The van der Waals surface area contributed by atoms with E-state index < -0.39 is 5.97 Å². The summed E-state index contributed by atoms with van der Waals surface area (Å²) in [4.78, 5) is 23.5. The highest BCUT2D eigenvalue weighted by atomic mass is 16.5. The lowest BCUT2D eigenvalue weighted by molar-refractivity contribution is -0.141. The highest BCUT2D eigenvalue weighted by Crippen LogP contribution is 1.98. The Morgan fingerprint density at radius 2 is 1.56 bits per heavy atom. The van der Waals surface area contributed by atoms with Crippen LogP contribution in [0.4, 0.5) is 0 Å². The number of carboxylic acid groups (broad SMARTS) is 1. The van der Waals surface area contributed by atoms with Crippen molar-refractivity contribution in [2.75, 3.05) is 40.5 Å². The minimum atomic E-state index is -0.966. The number of methoxy groups -OCH3 is 2. The van der Waals surface area contributed by atoms with Gasteiger partial charge in [0, 0.05) is 33.7 Å². The summed E-state index contributed by atoms with van der Waals surface area (Å²) in [6.07, 6.45) is -0.127. The summed E-state index contributed by atoms with van der Waals surface area (Å²) in [7, 11) is 3.10. The fraction of sp³-hybridized carbons (Fsp3) is 0.800. The van der Waals surface area contributed by atoms with Crippen LogP contribution in [-0.2, 0) is 19.1 Å². The molecule has 0 spiro atoms. The first kappa shape index (κ1) is 14.9. The summed E-state index contributed by atoms with van der Waals surface area (Å²) in [5, 5.41) is 8.48. The van der Waals surface area contributed by atoms with Gasteiger partial charge in [-0.1, -0.05) is 0 Å². The Morgan fingerprint density at radius 1 is 1.06 bits per heavy atom. The van der Waals surface area contributed by atoms with E-state index in [1.807, 2.05) is 0 Å². The van der Waals surface area contributed by atoms with E-state index in [9.17, 15) is 9.59 Å². The number of hydrogen-bond acceptors (Lipinski definition) is 4. The summed E-state index contributed by atoms with van der Waals surface area (Å²) < 4.78 is 9.75. The van der Waals surface area contributed by atoms with Crippen LogP contribution in [0.5, 0.6) is 0 Å². The maximum atomic E-state index is 11.6. The van der Waals surface area contributed by atoms with Gasteiger partial charge >= 0.3 is 5.97 Å². The zero-order chi connectivity index (χ0) is 12.4. The van der Waals surface area contributed by atoms with Crippen molar-refractivity contribution in [2.45, 2.75) is 12.8 Å². The van der Waals surface area contributed by atoms with E-state index in [1.54, 1.807) is 19.1 Å². The van der Waals surface area contributed by atoms with Crippen LogP contribution in [0.1, 0.15) is 12.8 Å². The van der Waals surface area contributed by atoms with E-state index in [2.05, 4.69) is 0 Å². The summed E-state index contributed by atoms with van der Waals surface area (Å²) in [5.74, 6) is -1.15. The van der Waals surface area contributed by atoms with Crippen molar-refractivity contribution in [1.29, 1.82) is 0 Å². The summed E-state index contributed by atoms with van der Waals surface area (Å²) >= 11 is 0. The minimum absolute atomic E-state index is 0.0166. The molecule has 0 saturated carbocycles. The molecule has 0 bridgehead atoms. The maximum absolute atomic E-state index is 11.6. The van der Waals surface area contributed by atoms with Gasteiger partial charge in [-0.2, -0.15) is 0 Å². The SMILES string of the molecule is COCCN(CCOC)C(=O)CCC(=O)O. The molecule has 0 aliphatic rings. The zero-order valence-electron chi connectivity index (χ0n) is 9.77. The molecule has 0 aromatic carbocycles. The average molecular weight is 233 g/mol. The Morgan fingerprint density at radius 3 is 1.94 bits per heavy atom. The molecule has 6 nitrogen and oxygen atoms in total. The van der Waals surface area contributed by atoms with Crippen molar-refractivity contribution in [3.63, 3.8) is 0 Å². The van der Waals surface area contributed by atoms with Crippen LogP contribution in [0.3, 0.4) is 0 Å². The van der Waals surface area contributed by atoms with Crippen molar-refractivity contribution < 1.29 is 24.2 Å². The Kier molecular flexibility index (Phi) is 8.46. The topological polar surface area (TPSA) is 76.1 Å². The average Bonchev–Trinajstić information content (AvgIpc) is 2.26. The molecule has 0 saturated heterocycles. The normalized spacial score (nSPS) is 10.1. The third-order valence-corrected chi connectivity index (χ3v) is 2.04. The number of hydrogen-bond donors (Lipinski definition) is 1. The van der Waals surface area contributed by atoms with Crippen LogP contribution in [0.15, 0.2) is 0 Å². The van der Waals surface area contributed by atoms with Gasteiger partial charge in [0.1, 0.15) is 0 Å². The van der Waals surface area contributed by atoms with Crippen molar-refractivity contribution in [2.24, 2.45) is 0 Å². The van der Waals surface area contributed by atoms with Crippen molar-refractivity contribution in [3.8, 4) is 0 Å². The molecule has 0 atom stereocenters. The van der Waals surface area contributed by atoms with E-state index >= 15 is 0 Å². The molecule has 0 aliphatic carbocycles. The van der Waals surface area contributed by atoms with Gasteiger partial charge in [-0.15, -0.1) is 0 Å². The predicted molar refractivity (Wildman–Crippen MR) is 57.2 cm³/mol. The van der Waals surface area contributed by atoms with Crippen LogP contribution in [-0.4, -0.2) is 62.4 Å². The molecular formula is C10H19NO5. The molecule has 0 aliphatic heterocycles. The molecular weight excluding hydrogens is 214 g/mol. The number of rotatable bonds is 9. The van der Waals surface area contributed by atoms with Crippen LogP contribution in [0.25, 0.3) is 0 Å². The summed E-state index contributed by atoms with van der Waals surface area (Å²) in [5.41, 5.74) is 0. The number of carbonyl (C=O) groups excluding carboxylic acids is 1. The first-order valence-corrected chi connectivity index (χ1v) is 5.09. The molecule has 0 radical (unpaired) electrons. The molecule has 0 heterocycles. The second-order valence-corrected chi connectivity index (χ2v) is 3.26. The standard InChI is InChI=1S/C10H19NO5/c1-15-7-5-11(6-8-16-2)9(12)3-4-10(13)14/h3-8H2,1-2H3,(H,13,14). The summed E-state index contributed by atoms with van der Waals surface area (Å²) in [6.45, 7) is 1.78. The second-order valence-electron chi connectivity index (χ2n) is 3.26. The van der Waals surface area contributed by atoms with Gasteiger partial charge in [-0.05, 0) is 0 Å². The van der Waals surface area contributed by atoms with Crippen LogP contribution >= 0.6 is 0 Å². The smallest absolute Gasteiger partial charge is 0.303 e. The lowest BCUT2D eigenvalue weighted by atomic mass is 10.2. The monoisotopic (exact) mass is 233 g/mol. The molecule has 0 aromatic heterocycles. The van der Waals surface area contributed by atoms with Crippen molar-refractivity contribution >= 4 is 11.9 Å². The number of amides is 1. The molecule has 0 unspecified atom stereocenters. The highest BCUT2D eigenvalue weighted by molar-refractivity contribution is 5.80. The van der Waals surface area contributed by atoms with E-state index in [1.165, 1.54) is 0 Å². The first-order valence-electron chi connectivity index (χ1n) is 5.09. The van der Waals surface area contributed by atoms with Gasteiger partial charge in [0.15, 0.2) is 0 Å². The molecule has 0 fully saturated rings. The van der Waals surface area contributed by atoms with Gasteiger partial charge in [-0.25, -0.2) is 0 Å². The first-order chi connectivity index (χ1) is 7.61. The van der Waals surface area contributed by atoms with Crippen molar-refractivity contribution in [3.05, 3.63) is 0 Å². The summed E-state index contributed by atoms with van der Waals surface area (Å²) in [6, 6.07) is 0. The van der Waals surface area contributed by atoms with Gasteiger partial charge in [0.2, 0.25) is 5.91 Å². The lowest BCUT2D eigenvalue weighted by Gasteiger charge is -2.21. The van der Waals surface area contributed by atoms with Crippen molar-refractivity contribution in [1.82, 2.24) is 4.90 Å². The molecule has 1 N–H and O–H groups in total. The lowest BCUT2D eigenvalue weighted by Crippen LogP contribution is -2.36. The Labute approximate surface area is 95.1 Å². The number of nitrogens with zero attached hydrogens (tertiary/aromatic N) is 1. The van der Waals surface area contributed by atoms with Gasteiger partial charge in [0.25, 0.3) is 0 Å². The van der Waals surface area contributed by atoms with Gasteiger partial charge in [-0.3, -0.25) is 9.59 Å². The number of carboxylic acids is 1. The zero-order valence-corrected chi connectivity index (χ0v) is 9.77. The molecule has 0 aromatic rings. The van der Waals surface area contributed by atoms with Crippen LogP contribution in [0, 0.1) is 0 Å². The number of aliphatic carboxylic acids is 1. The highest BCUT2D eigenvalue weighted by Gasteiger charge is 2.14. The Hall–Kier alpha value is -1.14. The van der Waals surface area contributed by atoms with E-state index in [-0.39, 0.29) is 18.7 Å². The van der Waals surface area contributed by atoms with Gasteiger partial charge in [0.05, 0.1) is 19.6 Å².